The van der Waals surface area contributed by atoms with E-state index in [0.29, 0.717) is 5.56 Å². The maximum absolute atomic E-state index is 13.1. The van der Waals surface area contributed by atoms with Gasteiger partial charge in [-0.25, -0.2) is 8.78 Å². The van der Waals surface area contributed by atoms with Crippen molar-refractivity contribution in [3.8, 4) is 5.75 Å². The molecule has 0 unspecified atom stereocenters. The molecule has 0 aliphatic rings. The third-order valence-electron chi connectivity index (χ3n) is 1.48. The summed E-state index contributed by atoms with van der Waals surface area (Å²) in [5, 5.41) is 0.258. The van der Waals surface area contributed by atoms with E-state index < -0.39 is 23.5 Å². The van der Waals surface area contributed by atoms with Gasteiger partial charge in [-0.2, -0.15) is 8.78 Å². The van der Waals surface area contributed by atoms with Crippen LogP contribution >= 0.6 is 15.9 Å². The molecule has 1 rings (SSSR count). The Balaban J connectivity index is 3.03. The molecule has 0 bridgehead atoms. The van der Waals surface area contributed by atoms with Crippen molar-refractivity contribution < 1.29 is 22.3 Å². The lowest BCUT2D eigenvalue weighted by Crippen LogP contribution is -1.94. The van der Waals surface area contributed by atoms with Crippen molar-refractivity contribution in [2.45, 2.75) is 5.33 Å². The zero-order valence-electron chi connectivity index (χ0n) is 7.24. The van der Waals surface area contributed by atoms with E-state index in [0.717, 1.165) is 12.1 Å². The van der Waals surface area contributed by atoms with Crippen molar-refractivity contribution in [3.05, 3.63) is 41.7 Å². The fourth-order valence-electron chi connectivity index (χ4n) is 0.906. The minimum absolute atomic E-state index is 0.0186. The Morgan fingerprint density at radius 2 is 1.80 bits per heavy atom. The summed E-state index contributed by atoms with van der Waals surface area (Å²) in [5.41, 5.74) is 0.349. The lowest BCUT2D eigenvalue weighted by molar-refractivity contribution is 0.344. The third kappa shape index (κ3) is 3.23. The molecule has 0 saturated carbocycles. The molecule has 1 aromatic carbocycles. The minimum Gasteiger partial charge on any atom is -0.453 e. The number of halogens is 5. The van der Waals surface area contributed by atoms with Crippen LogP contribution in [-0.4, -0.2) is 0 Å². The van der Waals surface area contributed by atoms with Crippen LogP contribution < -0.4 is 4.74 Å². The molecule has 0 aromatic heterocycles. The molecule has 6 heteroatoms. The fraction of sp³-hybridized carbons (Fsp3) is 0.111. The highest BCUT2D eigenvalue weighted by Crippen LogP contribution is 2.24. The standard InChI is InChI=1S/C9H5BrF4O/c10-3-5-1-6(11)9(7(12)2-5)15-4-8(13)14/h1-2,4H,3H2. The van der Waals surface area contributed by atoms with Crippen molar-refractivity contribution in [3.63, 3.8) is 0 Å². The van der Waals surface area contributed by atoms with Crippen LogP contribution in [0.1, 0.15) is 5.56 Å². The fourth-order valence-corrected chi connectivity index (χ4v) is 1.23. The van der Waals surface area contributed by atoms with E-state index >= 15 is 0 Å². The van der Waals surface area contributed by atoms with Crippen molar-refractivity contribution >= 4 is 15.9 Å². The zero-order valence-corrected chi connectivity index (χ0v) is 8.82. The number of ether oxygens (including phenoxy) is 1. The molecular weight excluding hydrogens is 280 g/mol. The minimum atomic E-state index is -2.17. The van der Waals surface area contributed by atoms with E-state index in [2.05, 4.69) is 20.7 Å². The topological polar surface area (TPSA) is 9.23 Å². The van der Waals surface area contributed by atoms with Crippen molar-refractivity contribution in [1.82, 2.24) is 0 Å². The Kier molecular flexibility index (Phi) is 4.14. The van der Waals surface area contributed by atoms with Gasteiger partial charge in [0.1, 0.15) is 0 Å². The molecule has 0 N–H and O–H groups in total. The smallest absolute Gasteiger partial charge is 0.305 e. The molecule has 0 heterocycles. The van der Waals surface area contributed by atoms with E-state index in [1.807, 2.05) is 0 Å². The first-order valence-electron chi connectivity index (χ1n) is 3.76. The Morgan fingerprint density at radius 1 is 1.27 bits per heavy atom. The van der Waals surface area contributed by atoms with Crippen molar-refractivity contribution in [1.29, 1.82) is 0 Å². The van der Waals surface area contributed by atoms with Crippen LogP contribution in [-0.2, 0) is 5.33 Å². The predicted molar refractivity (Wildman–Crippen MR) is 49.9 cm³/mol. The second-order valence-corrected chi connectivity index (χ2v) is 3.11. The third-order valence-corrected chi connectivity index (χ3v) is 2.13. The van der Waals surface area contributed by atoms with Crippen LogP contribution in [0.2, 0.25) is 0 Å². The molecule has 82 valence electrons. The van der Waals surface area contributed by atoms with Crippen molar-refractivity contribution in [2.75, 3.05) is 0 Å². The van der Waals surface area contributed by atoms with Crippen LogP contribution in [0.5, 0.6) is 5.75 Å². The molecule has 0 aliphatic carbocycles. The van der Waals surface area contributed by atoms with Gasteiger partial charge in [0, 0.05) is 5.33 Å². The van der Waals surface area contributed by atoms with Crippen LogP contribution in [0.25, 0.3) is 0 Å². The number of hydrogen-bond acceptors (Lipinski definition) is 1. The Labute approximate surface area is 91.5 Å². The first-order chi connectivity index (χ1) is 7.04. The summed E-state index contributed by atoms with van der Waals surface area (Å²) >= 11 is 3.01. The average Bonchev–Trinajstić information content (AvgIpc) is 2.15. The highest BCUT2D eigenvalue weighted by atomic mass is 79.9. The van der Waals surface area contributed by atoms with E-state index in [9.17, 15) is 17.6 Å². The summed E-state index contributed by atoms with van der Waals surface area (Å²) in [6.45, 7) is 0. The normalized spacial score (nSPS) is 9.93. The van der Waals surface area contributed by atoms with E-state index in [1.165, 1.54) is 0 Å². The van der Waals surface area contributed by atoms with Gasteiger partial charge in [0.2, 0.25) is 0 Å². The van der Waals surface area contributed by atoms with Gasteiger partial charge in [0.05, 0.1) is 0 Å². The van der Waals surface area contributed by atoms with E-state index in [4.69, 9.17) is 0 Å². The highest BCUT2D eigenvalue weighted by Gasteiger charge is 2.12. The summed E-state index contributed by atoms with van der Waals surface area (Å²) in [6, 6.07) is 1.99. The molecular formula is C9H5BrF4O. The predicted octanol–water partition coefficient (Wildman–Crippen LogP) is 3.98. The lowest BCUT2D eigenvalue weighted by Gasteiger charge is -2.04. The summed E-state index contributed by atoms with van der Waals surface area (Å²) < 4.78 is 53.6. The van der Waals surface area contributed by atoms with Gasteiger partial charge in [0.15, 0.2) is 23.6 Å². The Bertz CT molecular complexity index is 365. The van der Waals surface area contributed by atoms with Crippen LogP contribution in [0.4, 0.5) is 17.6 Å². The molecule has 0 atom stereocenters. The Hall–Kier alpha value is -1.04. The SMILES string of the molecule is FC(F)=COc1c(F)cc(CBr)cc1F. The van der Waals surface area contributed by atoms with Crippen molar-refractivity contribution in [2.24, 2.45) is 0 Å². The quantitative estimate of drug-likeness (QED) is 0.464. The summed E-state index contributed by atoms with van der Waals surface area (Å²) in [5.74, 6) is -2.89. The van der Waals surface area contributed by atoms with Gasteiger partial charge >= 0.3 is 6.08 Å². The molecule has 0 fully saturated rings. The molecule has 0 amide bonds. The molecule has 1 nitrogen and oxygen atoms in total. The zero-order chi connectivity index (χ0) is 11.4. The van der Waals surface area contributed by atoms with Gasteiger partial charge < -0.3 is 4.74 Å². The number of benzene rings is 1. The number of rotatable bonds is 3. The van der Waals surface area contributed by atoms with Crippen LogP contribution in [0.3, 0.4) is 0 Å². The number of hydrogen-bond donors (Lipinski definition) is 0. The van der Waals surface area contributed by atoms with Gasteiger partial charge in [0.25, 0.3) is 0 Å². The van der Waals surface area contributed by atoms with Gasteiger partial charge in [-0.3, -0.25) is 0 Å². The molecule has 0 aliphatic heterocycles. The summed E-state index contributed by atoms with van der Waals surface area (Å²) in [4.78, 5) is 0. The van der Waals surface area contributed by atoms with Crippen LogP contribution in [0, 0.1) is 11.6 Å². The first-order valence-corrected chi connectivity index (χ1v) is 4.88. The number of alkyl halides is 1. The molecule has 0 saturated heterocycles. The largest absolute Gasteiger partial charge is 0.453 e. The maximum atomic E-state index is 13.1. The Morgan fingerprint density at radius 3 is 2.20 bits per heavy atom. The second kappa shape index (κ2) is 5.16. The molecule has 0 radical (unpaired) electrons. The summed E-state index contributed by atoms with van der Waals surface area (Å²) in [7, 11) is 0. The first kappa shape index (κ1) is 12.0. The second-order valence-electron chi connectivity index (χ2n) is 2.55. The maximum Gasteiger partial charge on any atom is 0.305 e. The highest BCUT2D eigenvalue weighted by molar-refractivity contribution is 9.08. The summed E-state index contributed by atoms with van der Waals surface area (Å²) in [6.07, 6.45) is -2.19. The lowest BCUT2D eigenvalue weighted by atomic mass is 10.2. The molecule has 1 aromatic rings. The van der Waals surface area contributed by atoms with Gasteiger partial charge in [-0.1, -0.05) is 15.9 Å². The van der Waals surface area contributed by atoms with Crippen LogP contribution in [0.15, 0.2) is 24.5 Å². The monoisotopic (exact) mass is 284 g/mol. The molecule has 15 heavy (non-hydrogen) atoms. The van der Waals surface area contributed by atoms with E-state index in [1.54, 1.807) is 0 Å². The van der Waals surface area contributed by atoms with E-state index in [-0.39, 0.29) is 11.6 Å². The van der Waals surface area contributed by atoms with Gasteiger partial charge in [-0.05, 0) is 17.7 Å². The molecule has 0 spiro atoms. The van der Waals surface area contributed by atoms with Gasteiger partial charge in [-0.15, -0.1) is 0 Å². The average molecular weight is 285 g/mol.